The van der Waals surface area contributed by atoms with E-state index in [0.717, 1.165) is 28.4 Å². The van der Waals surface area contributed by atoms with Crippen LogP contribution in [0.25, 0.3) is 0 Å². The Morgan fingerprint density at radius 1 is 0.911 bits per heavy atom. The second kappa shape index (κ2) is 10.7. The van der Waals surface area contributed by atoms with Gasteiger partial charge in [-0.1, -0.05) is 51.8 Å². The number of fused-ring (bicyclic) bond motifs is 4. The van der Waals surface area contributed by atoms with Crippen LogP contribution in [0.1, 0.15) is 24.3 Å². The van der Waals surface area contributed by atoms with Gasteiger partial charge in [-0.15, -0.1) is 23.2 Å². The van der Waals surface area contributed by atoms with Crippen molar-refractivity contribution in [3.63, 3.8) is 0 Å². The maximum Gasteiger partial charge on any atom is 0.254 e. The number of rotatable bonds is 5. The van der Waals surface area contributed by atoms with Crippen LogP contribution in [0.4, 0.5) is 21.5 Å². The number of phenols is 1. The third-order valence-electron chi connectivity index (χ3n) is 9.51. The van der Waals surface area contributed by atoms with Crippen molar-refractivity contribution in [2.24, 2.45) is 17.8 Å². The molecule has 230 valence electrons. The SMILES string of the molecule is O=C1C2CC=C3C(CC4(Cl)C(=O)N(CBr)C(=O)C4(Cl)C3c3ccc(O)c(F)c3)C2C(=O)N1c1ccc(Nc2ccccc2)cc1. The summed E-state index contributed by atoms with van der Waals surface area (Å²) in [6.07, 6.45) is 1.77. The number of allylic oxidation sites excluding steroid dienone is 2. The zero-order chi connectivity index (χ0) is 31.8. The van der Waals surface area contributed by atoms with Crippen LogP contribution >= 0.6 is 39.1 Å². The molecule has 2 N–H and O–H groups in total. The van der Waals surface area contributed by atoms with Crippen LogP contribution in [0, 0.1) is 23.6 Å². The van der Waals surface area contributed by atoms with Gasteiger partial charge in [0.25, 0.3) is 11.8 Å². The number of hydrogen-bond donors (Lipinski definition) is 2. The van der Waals surface area contributed by atoms with Crippen molar-refractivity contribution < 1.29 is 28.7 Å². The van der Waals surface area contributed by atoms with Crippen molar-refractivity contribution in [1.29, 1.82) is 0 Å². The van der Waals surface area contributed by atoms with E-state index in [-0.39, 0.29) is 29.8 Å². The molecule has 0 aromatic heterocycles. The Balaban J connectivity index is 1.28. The molecule has 3 aromatic rings. The number of nitrogens with zero attached hydrogens (tertiary/aromatic N) is 2. The highest BCUT2D eigenvalue weighted by Crippen LogP contribution is 2.65. The Kier molecular flexibility index (Phi) is 7.11. The molecule has 6 unspecified atom stereocenters. The average molecular weight is 713 g/mol. The molecule has 0 bridgehead atoms. The fourth-order valence-corrected chi connectivity index (χ4v) is 8.89. The average Bonchev–Trinajstić information content (AvgIpc) is 3.37. The number of benzene rings is 3. The molecule has 2 heterocycles. The summed E-state index contributed by atoms with van der Waals surface area (Å²) in [4.78, 5) is 53.6. The zero-order valence-corrected chi connectivity index (χ0v) is 26.5. The highest BCUT2D eigenvalue weighted by molar-refractivity contribution is 9.09. The number of amides is 4. The van der Waals surface area contributed by atoms with E-state index < -0.39 is 62.7 Å². The number of aromatic hydroxyl groups is 1. The van der Waals surface area contributed by atoms with E-state index in [2.05, 4.69) is 21.2 Å². The molecule has 4 amide bonds. The summed E-state index contributed by atoms with van der Waals surface area (Å²) in [5.41, 5.74) is 2.64. The maximum absolute atomic E-state index is 14.7. The van der Waals surface area contributed by atoms with Gasteiger partial charge in [0.1, 0.15) is 0 Å². The zero-order valence-electron chi connectivity index (χ0n) is 23.4. The first-order chi connectivity index (χ1) is 21.5. The summed E-state index contributed by atoms with van der Waals surface area (Å²) in [6, 6.07) is 20.1. The fourth-order valence-electron chi connectivity index (χ4n) is 7.47. The smallest absolute Gasteiger partial charge is 0.254 e. The van der Waals surface area contributed by atoms with Crippen molar-refractivity contribution in [3.8, 4) is 5.75 Å². The lowest BCUT2D eigenvalue weighted by Gasteiger charge is -2.50. The molecule has 2 aliphatic heterocycles. The quantitative estimate of drug-likeness (QED) is 0.142. The van der Waals surface area contributed by atoms with E-state index in [1.807, 2.05) is 30.3 Å². The molecule has 12 heteroatoms. The number of halogens is 4. The van der Waals surface area contributed by atoms with Gasteiger partial charge in [-0.25, -0.2) is 4.39 Å². The van der Waals surface area contributed by atoms with Crippen LogP contribution in [0.2, 0.25) is 0 Å². The van der Waals surface area contributed by atoms with Crippen LogP contribution < -0.4 is 10.2 Å². The minimum atomic E-state index is -2.05. The number of anilines is 3. The maximum atomic E-state index is 14.7. The van der Waals surface area contributed by atoms with E-state index in [4.69, 9.17) is 23.2 Å². The Morgan fingerprint density at radius 3 is 2.27 bits per heavy atom. The van der Waals surface area contributed by atoms with Gasteiger partial charge in [-0.2, -0.15) is 0 Å². The van der Waals surface area contributed by atoms with E-state index in [0.29, 0.717) is 11.3 Å². The number of carbonyl (C=O) groups is 4. The second-order valence-corrected chi connectivity index (χ2v) is 13.5. The molecule has 3 fully saturated rings. The van der Waals surface area contributed by atoms with Crippen molar-refractivity contribution in [1.82, 2.24) is 4.90 Å². The topological polar surface area (TPSA) is 107 Å². The van der Waals surface area contributed by atoms with Gasteiger partial charge in [0.2, 0.25) is 11.8 Å². The number of phenolic OH excluding ortho intramolecular Hbond substituents is 1. The Morgan fingerprint density at radius 2 is 1.60 bits per heavy atom. The molecule has 2 saturated heterocycles. The summed E-state index contributed by atoms with van der Waals surface area (Å²) < 4.78 is 14.7. The molecular weight excluding hydrogens is 688 g/mol. The van der Waals surface area contributed by atoms with Gasteiger partial charge in [0.15, 0.2) is 21.3 Å². The predicted octanol–water partition coefficient (Wildman–Crippen LogP) is 6.19. The summed E-state index contributed by atoms with van der Waals surface area (Å²) in [5.74, 6) is -7.33. The van der Waals surface area contributed by atoms with Gasteiger partial charge >= 0.3 is 0 Å². The molecule has 0 spiro atoms. The van der Waals surface area contributed by atoms with Crippen molar-refractivity contribution >= 4 is 79.8 Å². The number of para-hydroxylation sites is 1. The first-order valence-electron chi connectivity index (χ1n) is 14.3. The van der Waals surface area contributed by atoms with E-state index in [1.165, 1.54) is 11.0 Å². The molecule has 2 aliphatic carbocycles. The molecule has 3 aromatic carbocycles. The number of carbonyl (C=O) groups excluding carboxylic acids is 4. The molecule has 0 radical (unpaired) electrons. The van der Waals surface area contributed by atoms with Crippen molar-refractivity contribution in [2.45, 2.75) is 28.5 Å². The molecule has 45 heavy (non-hydrogen) atoms. The number of hydrogen-bond acceptors (Lipinski definition) is 6. The first kappa shape index (κ1) is 30.0. The largest absolute Gasteiger partial charge is 0.505 e. The Bertz CT molecular complexity index is 1810. The standard InChI is InChI=1S/C33H25BrCl2FN3O5/c34-16-39-30(44)32(35)15-23-21(27(33(32,36)31(39)45)17-6-13-25(41)24(37)14-17)11-12-22-26(23)29(43)40(28(22)42)20-9-7-19(8-10-20)38-18-4-2-1-3-5-18/h1-11,13-14,22-23,26-27,38,41H,12,15-16H2. The van der Waals surface area contributed by atoms with Crippen molar-refractivity contribution in [3.05, 3.63) is 95.8 Å². The molecule has 7 rings (SSSR count). The van der Waals surface area contributed by atoms with Crippen LogP contribution in [0.3, 0.4) is 0 Å². The lowest BCUT2D eigenvalue weighted by Crippen LogP contribution is -2.60. The van der Waals surface area contributed by atoms with Gasteiger partial charge in [-0.05, 0) is 72.9 Å². The minimum Gasteiger partial charge on any atom is -0.505 e. The summed E-state index contributed by atoms with van der Waals surface area (Å²) in [7, 11) is 0. The Labute approximate surface area is 275 Å². The summed E-state index contributed by atoms with van der Waals surface area (Å²) in [6.45, 7) is 0. The summed E-state index contributed by atoms with van der Waals surface area (Å²) in [5, 5.41) is 13.2. The number of imide groups is 2. The fraction of sp³-hybridized carbons (Fsp3) is 0.273. The highest BCUT2D eigenvalue weighted by Gasteiger charge is 2.76. The lowest BCUT2D eigenvalue weighted by molar-refractivity contribution is -0.138. The minimum absolute atomic E-state index is 0.166. The normalized spacial score (nSPS) is 30.6. The number of likely N-dealkylation sites (tertiary alicyclic amines) is 1. The Hall–Kier alpha value is -3.73. The third-order valence-corrected chi connectivity index (χ3v) is 11.4. The van der Waals surface area contributed by atoms with Crippen molar-refractivity contribution in [2.75, 3.05) is 15.7 Å². The van der Waals surface area contributed by atoms with Crippen LogP contribution in [-0.4, -0.2) is 48.8 Å². The summed E-state index contributed by atoms with van der Waals surface area (Å²) >= 11 is 17.5. The van der Waals surface area contributed by atoms with Crippen LogP contribution in [0.15, 0.2) is 84.4 Å². The molecular formula is C33H25BrCl2FN3O5. The second-order valence-electron chi connectivity index (χ2n) is 11.7. The molecule has 4 aliphatic rings. The van der Waals surface area contributed by atoms with Gasteiger partial charge in [0.05, 0.1) is 23.0 Å². The van der Waals surface area contributed by atoms with Crippen LogP contribution in [-0.2, 0) is 19.2 Å². The molecule has 6 atom stereocenters. The van der Waals surface area contributed by atoms with Gasteiger partial charge < -0.3 is 10.4 Å². The van der Waals surface area contributed by atoms with Gasteiger partial charge in [0, 0.05) is 17.3 Å². The highest BCUT2D eigenvalue weighted by atomic mass is 79.9. The molecule has 1 saturated carbocycles. The predicted molar refractivity (Wildman–Crippen MR) is 170 cm³/mol. The van der Waals surface area contributed by atoms with E-state index >= 15 is 0 Å². The van der Waals surface area contributed by atoms with E-state index in [1.54, 1.807) is 30.3 Å². The molecule has 8 nitrogen and oxygen atoms in total. The number of alkyl halides is 3. The lowest BCUT2D eigenvalue weighted by atomic mass is 9.56. The first-order valence-corrected chi connectivity index (χ1v) is 16.2. The third kappa shape index (κ3) is 4.22. The van der Waals surface area contributed by atoms with E-state index in [9.17, 15) is 28.7 Å². The van der Waals surface area contributed by atoms with Crippen LogP contribution in [0.5, 0.6) is 5.75 Å². The monoisotopic (exact) mass is 711 g/mol. The number of nitrogens with one attached hydrogen (secondary N) is 1. The van der Waals surface area contributed by atoms with Gasteiger partial charge in [-0.3, -0.25) is 29.0 Å².